The normalized spacial score (nSPS) is 31.9. The van der Waals surface area contributed by atoms with Gasteiger partial charge in [0.2, 0.25) is 6.79 Å². The Balaban J connectivity index is 1.26. The molecule has 0 aromatic heterocycles. The van der Waals surface area contributed by atoms with E-state index in [1.165, 1.54) is 22.3 Å². The van der Waals surface area contributed by atoms with Gasteiger partial charge in [0.1, 0.15) is 0 Å². The van der Waals surface area contributed by atoms with Crippen LogP contribution in [-0.4, -0.2) is 35.8 Å². The summed E-state index contributed by atoms with van der Waals surface area (Å²) in [5.41, 5.74) is 5.37. The molecule has 0 N–H and O–H groups in total. The average Bonchev–Trinajstić information content (AvgIpc) is 3.28. The molecule has 2 bridgehead atoms. The zero-order valence-corrected chi connectivity index (χ0v) is 16.3. The summed E-state index contributed by atoms with van der Waals surface area (Å²) in [5.74, 6) is 2.15. The molecule has 5 atom stereocenters. The van der Waals surface area contributed by atoms with Gasteiger partial charge in [-0.15, -0.1) is 11.6 Å². The lowest BCUT2D eigenvalue weighted by molar-refractivity contribution is 0.0216. The predicted octanol–water partition coefficient (Wildman–Crippen LogP) is 4.22. The molecular weight excluding hydrogens is 374 g/mol. The van der Waals surface area contributed by atoms with Crippen molar-refractivity contribution in [3.05, 3.63) is 70.8 Å². The van der Waals surface area contributed by atoms with Crippen molar-refractivity contribution in [1.82, 2.24) is 4.90 Å². The van der Waals surface area contributed by atoms with E-state index in [-0.39, 0.29) is 11.5 Å². The first kappa shape index (κ1) is 16.9. The molecule has 6 rings (SSSR count). The molecule has 2 aromatic carbocycles. The summed E-state index contributed by atoms with van der Waals surface area (Å²) in [4.78, 5) is 2.57. The van der Waals surface area contributed by atoms with Crippen molar-refractivity contribution in [2.75, 3.05) is 13.3 Å². The second-order valence-electron chi connectivity index (χ2n) is 8.08. The third-order valence-electron chi connectivity index (χ3n) is 6.50. The third-order valence-corrected chi connectivity index (χ3v) is 6.90. The first-order valence-corrected chi connectivity index (χ1v) is 10.4. The first-order valence-electron chi connectivity index (χ1n) is 9.94. The van der Waals surface area contributed by atoms with Gasteiger partial charge in [0.15, 0.2) is 11.5 Å². The van der Waals surface area contributed by atoms with Crippen LogP contribution in [0.3, 0.4) is 0 Å². The molecule has 28 heavy (non-hydrogen) atoms. The van der Waals surface area contributed by atoms with E-state index in [0.717, 1.165) is 31.0 Å². The van der Waals surface area contributed by atoms with Gasteiger partial charge >= 0.3 is 0 Å². The summed E-state index contributed by atoms with van der Waals surface area (Å²) in [6, 6.07) is 15.1. The van der Waals surface area contributed by atoms with Crippen LogP contribution in [0.4, 0.5) is 0 Å². The maximum atomic E-state index is 6.76. The molecule has 2 aromatic rings. The molecule has 0 radical (unpaired) electrons. The molecule has 3 heterocycles. The zero-order valence-electron chi connectivity index (χ0n) is 15.5. The Kier molecular flexibility index (Phi) is 3.93. The van der Waals surface area contributed by atoms with E-state index in [1.54, 1.807) is 0 Å². The first-order chi connectivity index (χ1) is 13.8. The van der Waals surface area contributed by atoms with Crippen molar-refractivity contribution < 1.29 is 14.2 Å². The summed E-state index contributed by atoms with van der Waals surface area (Å²) >= 11 is 6.76. The molecule has 4 aliphatic rings. The summed E-state index contributed by atoms with van der Waals surface area (Å²) in [6.07, 6.45) is 3.24. The molecule has 144 valence electrons. The van der Waals surface area contributed by atoms with Crippen molar-refractivity contribution in [3.63, 3.8) is 0 Å². The van der Waals surface area contributed by atoms with E-state index >= 15 is 0 Å². The van der Waals surface area contributed by atoms with Crippen LogP contribution in [0.1, 0.15) is 29.0 Å². The van der Waals surface area contributed by atoms with Gasteiger partial charge in [-0.25, -0.2) is 0 Å². The van der Waals surface area contributed by atoms with E-state index < -0.39 is 0 Å². The smallest absolute Gasteiger partial charge is 0.231 e. The second-order valence-corrected chi connectivity index (χ2v) is 8.59. The SMILES string of the molecule is Cl[C@H]1C=C2[C@H]3CN(Cc4cc5c(cc43)OCO5)[C@H]2C[C@@H]1OCc1ccccc1. The fraction of sp³-hybridized carbons (Fsp3) is 0.391. The quantitative estimate of drug-likeness (QED) is 0.575. The zero-order chi connectivity index (χ0) is 18.7. The summed E-state index contributed by atoms with van der Waals surface area (Å²) in [5, 5.41) is -0.0898. The number of ether oxygens (including phenoxy) is 3. The highest BCUT2D eigenvalue weighted by Gasteiger charge is 2.46. The third kappa shape index (κ3) is 2.66. The molecule has 5 heteroatoms. The van der Waals surface area contributed by atoms with Crippen LogP contribution in [0.15, 0.2) is 54.1 Å². The Morgan fingerprint density at radius 3 is 2.79 bits per heavy atom. The summed E-state index contributed by atoms with van der Waals surface area (Å²) in [6.45, 7) is 2.93. The highest BCUT2D eigenvalue weighted by molar-refractivity contribution is 6.22. The number of rotatable bonds is 3. The van der Waals surface area contributed by atoms with Crippen molar-refractivity contribution >= 4 is 11.6 Å². The summed E-state index contributed by atoms with van der Waals surface area (Å²) < 4.78 is 17.4. The topological polar surface area (TPSA) is 30.9 Å². The van der Waals surface area contributed by atoms with Crippen molar-refractivity contribution in [2.24, 2.45) is 0 Å². The van der Waals surface area contributed by atoms with E-state index in [0.29, 0.717) is 25.4 Å². The Labute approximate surface area is 169 Å². The van der Waals surface area contributed by atoms with Crippen molar-refractivity contribution in [1.29, 1.82) is 0 Å². The van der Waals surface area contributed by atoms with Crippen LogP contribution in [0.2, 0.25) is 0 Å². The average molecular weight is 396 g/mol. The number of benzene rings is 2. The van der Waals surface area contributed by atoms with Crippen LogP contribution in [0.5, 0.6) is 11.5 Å². The molecule has 1 unspecified atom stereocenters. The molecular formula is C23H22ClNO3. The lowest BCUT2D eigenvalue weighted by atomic mass is 9.83. The Bertz CT molecular complexity index is 944. The number of hydrogen-bond acceptors (Lipinski definition) is 4. The van der Waals surface area contributed by atoms with E-state index in [1.807, 2.05) is 18.2 Å². The Hall–Kier alpha value is -2.01. The lowest BCUT2D eigenvalue weighted by Gasteiger charge is -2.33. The number of fused-ring (bicyclic) bond motifs is 8. The number of nitrogens with zero attached hydrogens (tertiary/aromatic N) is 1. The molecule has 0 saturated carbocycles. The Morgan fingerprint density at radius 1 is 1.11 bits per heavy atom. The van der Waals surface area contributed by atoms with Gasteiger partial charge in [0.25, 0.3) is 0 Å². The van der Waals surface area contributed by atoms with Gasteiger partial charge < -0.3 is 14.2 Å². The van der Waals surface area contributed by atoms with Gasteiger partial charge in [-0.2, -0.15) is 0 Å². The fourth-order valence-electron chi connectivity index (χ4n) is 5.13. The van der Waals surface area contributed by atoms with Gasteiger partial charge in [-0.3, -0.25) is 4.90 Å². The van der Waals surface area contributed by atoms with Gasteiger partial charge in [0.05, 0.1) is 18.1 Å². The minimum atomic E-state index is -0.0898. The van der Waals surface area contributed by atoms with Crippen LogP contribution in [0.25, 0.3) is 0 Å². The largest absolute Gasteiger partial charge is 0.454 e. The molecule has 0 spiro atoms. The fourth-order valence-corrected chi connectivity index (χ4v) is 5.45. The van der Waals surface area contributed by atoms with Gasteiger partial charge in [-0.05, 0) is 40.8 Å². The maximum absolute atomic E-state index is 6.76. The molecule has 3 aliphatic heterocycles. The number of hydrogen-bond donors (Lipinski definition) is 0. The Morgan fingerprint density at radius 2 is 1.93 bits per heavy atom. The molecule has 1 fully saturated rings. The van der Waals surface area contributed by atoms with Crippen LogP contribution in [-0.2, 0) is 17.9 Å². The second kappa shape index (κ2) is 6.51. The maximum Gasteiger partial charge on any atom is 0.231 e. The standard InChI is InChI=1S/C23H22ClNO3/c24-19-7-17-18-11-25(10-15-6-22-23(8-16(15)18)28-13-27-22)20(17)9-21(19)26-12-14-4-2-1-3-5-14/h1-8,18-21H,9-13H2/t18-,19-,20-,21-/m0/s1. The predicted molar refractivity (Wildman–Crippen MR) is 107 cm³/mol. The van der Waals surface area contributed by atoms with Crippen molar-refractivity contribution in [3.8, 4) is 11.5 Å². The van der Waals surface area contributed by atoms with Crippen LogP contribution >= 0.6 is 11.6 Å². The minimum absolute atomic E-state index is 0.0368. The van der Waals surface area contributed by atoms with Crippen LogP contribution < -0.4 is 9.47 Å². The van der Waals surface area contributed by atoms with E-state index in [9.17, 15) is 0 Å². The van der Waals surface area contributed by atoms with E-state index in [4.69, 9.17) is 25.8 Å². The monoisotopic (exact) mass is 395 g/mol. The lowest BCUT2D eigenvalue weighted by Crippen LogP contribution is -2.39. The molecule has 0 amide bonds. The highest BCUT2D eigenvalue weighted by atomic mass is 35.5. The highest BCUT2D eigenvalue weighted by Crippen LogP contribution is 2.50. The molecule has 1 aliphatic carbocycles. The van der Waals surface area contributed by atoms with E-state index in [2.05, 4.69) is 35.2 Å². The molecule has 4 nitrogen and oxygen atoms in total. The number of alkyl halides is 1. The molecule has 1 saturated heterocycles. The minimum Gasteiger partial charge on any atom is -0.454 e. The number of halogens is 1. The van der Waals surface area contributed by atoms with Gasteiger partial charge in [0, 0.05) is 25.0 Å². The van der Waals surface area contributed by atoms with Crippen LogP contribution in [0, 0.1) is 0 Å². The summed E-state index contributed by atoms with van der Waals surface area (Å²) in [7, 11) is 0. The van der Waals surface area contributed by atoms with Crippen molar-refractivity contribution in [2.45, 2.75) is 43.0 Å². The van der Waals surface area contributed by atoms with Gasteiger partial charge in [-0.1, -0.05) is 36.4 Å².